The summed E-state index contributed by atoms with van der Waals surface area (Å²) in [6.45, 7) is 8.68. The van der Waals surface area contributed by atoms with Crippen molar-refractivity contribution in [2.45, 2.75) is 46.3 Å². The van der Waals surface area contributed by atoms with Gasteiger partial charge in [0, 0.05) is 30.9 Å². The smallest absolute Gasteiger partial charge is 0.0644 e. The minimum atomic E-state index is -0.314. The summed E-state index contributed by atoms with van der Waals surface area (Å²) in [5, 5.41) is 17.1. The number of rotatable bonds is 5. The van der Waals surface area contributed by atoms with Crippen LogP contribution in [0, 0.1) is 13.8 Å². The van der Waals surface area contributed by atoms with Gasteiger partial charge in [-0.3, -0.25) is 4.68 Å². The maximum absolute atomic E-state index is 9.30. The zero-order valence-corrected chi connectivity index (χ0v) is 10.9. The highest BCUT2D eigenvalue weighted by atomic mass is 16.3. The van der Waals surface area contributed by atoms with Gasteiger partial charge in [-0.25, -0.2) is 0 Å². The Morgan fingerprint density at radius 3 is 2.44 bits per heavy atom. The van der Waals surface area contributed by atoms with Crippen molar-refractivity contribution < 1.29 is 5.11 Å². The molecule has 0 spiro atoms. The largest absolute Gasteiger partial charge is 0.392 e. The van der Waals surface area contributed by atoms with Crippen molar-refractivity contribution in [3.8, 4) is 0 Å². The fraction of sp³-hybridized carbons (Fsp3) is 0.750. The molecule has 0 aliphatic heterocycles. The van der Waals surface area contributed by atoms with Crippen LogP contribution in [-0.2, 0) is 7.05 Å². The van der Waals surface area contributed by atoms with Crippen molar-refractivity contribution in [2.24, 2.45) is 7.05 Å². The molecule has 2 N–H and O–H groups in total. The van der Waals surface area contributed by atoms with Crippen molar-refractivity contribution in [2.75, 3.05) is 6.54 Å². The van der Waals surface area contributed by atoms with Gasteiger partial charge in [-0.05, 0) is 27.2 Å². The quantitative estimate of drug-likeness (QED) is 0.797. The molecule has 0 fully saturated rings. The van der Waals surface area contributed by atoms with Crippen LogP contribution < -0.4 is 5.32 Å². The minimum Gasteiger partial charge on any atom is -0.392 e. The van der Waals surface area contributed by atoms with E-state index >= 15 is 0 Å². The third kappa shape index (κ3) is 2.83. The molecule has 1 aromatic heterocycles. The number of aliphatic hydroxyl groups excluding tert-OH is 1. The highest BCUT2D eigenvalue weighted by Gasteiger charge is 2.18. The van der Waals surface area contributed by atoms with E-state index in [0.717, 1.165) is 12.1 Å². The van der Waals surface area contributed by atoms with Crippen molar-refractivity contribution in [1.29, 1.82) is 0 Å². The zero-order chi connectivity index (χ0) is 12.3. The Bertz CT molecular complexity index is 344. The first-order valence-electron chi connectivity index (χ1n) is 5.88. The molecule has 16 heavy (non-hydrogen) atoms. The molecule has 0 aliphatic carbocycles. The van der Waals surface area contributed by atoms with E-state index in [-0.39, 0.29) is 12.1 Å². The first-order chi connectivity index (χ1) is 7.47. The van der Waals surface area contributed by atoms with E-state index in [4.69, 9.17) is 0 Å². The van der Waals surface area contributed by atoms with E-state index in [1.54, 1.807) is 6.92 Å². The van der Waals surface area contributed by atoms with Crippen LogP contribution in [0.15, 0.2) is 0 Å². The average Bonchev–Trinajstić information content (AvgIpc) is 2.45. The Labute approximate surface area is 97.7 Å². The molecule has 0 bridgehead atoms. The van der Waals surface area contributed by atoms with Crippen LogP contribution in [0.5, 0.6) is 0 Å². The molecule has 1 aromatic rings. The maximum atomic E-state index is 9.30. The molecule has 0 amide bonds. The van der Waals surface area contributed by atoms with Gasteiger partial charge in [-0.1, -0.05) is 6.92 Å². The second-order valence-electron chi connectivity index (χ2n) is 4.43. The first kappa shape index (κ1) is 13.2. The summed E-state index contributed by atoms with van der Waals surface area (Å²) >= 11 is 0. The van der Waals surface area contributed by atoms with E-state index in [2.05, 4.69) is 24.3 Å². The van der Waals surface area contributed by atoms with E-state index in [9.17, 15) is 5.11 Å². The summed E-state index contributed by atoms with van der Waals surface area (Å²) in [5.41, 5.74) is 3.54. The second-order valence-corrected chi connectivity index (χ2v) is 4.43. The molecule has 0 radical (unpaired) electrons. The highest BCUT2D eigenvalue weighted by molar-refractivity contribution is 5.28. The highest BCUT2D eigenvalue weighted by Crippen LogP contribution is 2.23. The Balaban J connectivity index is 2.86. The third-order valence-corrected chi connectivity index (χ3v) is 2.98. The molecule has 1 heterocycles. The normalized spacial score (nSPS) is 15.1. The molecule has 4 heteroatoms. The lowest BCUT2D eigenvalue weighted by Gasteiger charge is -2.18. The average molecular weight is 225 g/mol. The standard InChI is InChI=1S/C12H23N3O/c1-6-11(13-7-8(2)16)12-9(3)14-15(5)10(12)4/h8,11,13,16H,6-7H2,1-5H3. The molecule has 92 valence electrons. The van der Waals surface area contributed by atoms with Crippen LogP contribution in [0.3, 0.4) is 0 Å². The number of aryl methyl sites for hydroxylation is 2. The van der Waals surface area contributed by atoms with Crippen LogP contribution in [-0.4, -0.2) is 27.5 Å². The number of aromatic nitrogens is 2. The molecule has 2 unspecified atom stereocenters. The Morgan fingerprint density at radius 2 is 2.06 bits per heavy atom. The molecule has 0 saturated heterocycles. The predicted molar refractivity (Wildman–Crippen MR) is 65.4 cm³/mol. The number of nitrogens with zero attached hydrogens (tertiary/aromatic N) is 2. The number of nitrogens with one attached hydrogen (secondary N) is 1. The summed E-state index contributed by atoms with van der Waals surface area (Å²) in [4.78, 5) is 0. The summed E-state index contributed by atoms with van der Waals surface area (Å²) < 4.78 is 1.91. The maximum Gasteiger partial charge on any atom is 0.0644 e. The molecule has 0 aliphatic rings. The summed E-state index contributed by atoms with van der Waals surface area (Å²) in [5.74, 6) is 0. The van der Waals surface area contributed by atoms with Gasteiger partial charge < -0.3 is 10.4 Å². The van der Waals surface area contributed by atoms with Crippen LogP contribution in [0.25, 0.3) is 0 Å². The van der Waals surface area contributed by atoms with E-state index in [1.807, 2.05) is 18.7 Å². The Hall–Kier alpha value is -0.870. The molecule has 0 aromatic carbocycles. The van der Waals surface area contributed by atoms with Gasteiger partial charge in [0.1, 0.15) is 0 Å². The fourth-order valence-corrected chi connectivity index (χ4v) is 2.06. The monoisotopic (exact) mass is 225 g/mol. The second kappa shape index (κ2) is 5.46. The number of hydrogen-bond acceptors (Lipinski definition) is 3. The lowest BCUT2D eigenvalue weighted by atomic mass is 10.0. The van der Waals surface area contributed by atoms with Gasteiger partial charge in [-0.2, -0.15) is 5.10 Å². The van der Waals surface area contributed by atoms with E-state index in [0.29, 0.717) is 6.54 Å². The Morgan fingerprint density at radius 1 is 1.44 bits per heavy atom. The van der Waals surface area contributed by atoms with Crippen molar-refractivity contribution in [1.82, 2.24) is 15.1 Å². The van der Waals surface area contributed by atoms with Gasteiger partial charge in [0.15, 0.2) is 0 Å². The minimum absolute atomic E-state index is 0.281. The summed E-state index contributed by atoms with van der Waals surface area (Å²) in [6.07, 6.45) is 0.687. The number of aliphatic hydroxyl groups is 1. The van der Waals surface area contributed by atoms with Gasteiger partial charge in [0.25, 0.3) is 0 Å². The zero-order valence-electron chi connectivity index (χ0n) is 10.9. The third-order valence-electron chi connectivity index (χ3n) is 2.98. The van der Waals surface area contributed by atoms with E-state index < -0.39 is 0 Å². The van der Waals surface area contributed by atoms with Gasteiger partial charge >= 0.3 is 0 Å². The van der Waals surface area contributed by atoms with Crippen LogP contribution in [0.2, 0.25) is 0 Å². The van der Waals surface area contributed by atoms with Gasteiger partial charge in [-0.15, -0.1) is 0 Å². The Kier molecular flexibility index (Phi) is 4.50. The van der Waals surface area contributed by atoms with Gasteiger partial charge in [0.05, 0.1) is 11.8 Å². The van der Waals surface area contributed by atoms with Crippen molar-refractivity contribution >= 4 is 0 Å². The van der Waals surface area contributed by atoms with Crippen LogP contribution in [0.1, 0.15) is 43.3 Å². The van der Waals surface area contributed by atoms with E-state index in [1.165, 1.54) is 11.3 Å². The topological polar surface area (TPSA) is 50.1 Å². The van der Waals surface area contributed by atoms with Crippen molar-refractivity contribution in [3.63, 3.8) is 0 Å². The number of hydrogen-bond donors (Lipinski definition) is 2. The predicted octanol–water partition coefficient (Wildman–Crippen LogP) is 1.46. The lowest BCUT2D eigenvalue weighted by Crippen LogP contribution is -2.29. The summed E-state index contributed by atoms with van der Waals surface area (Å²) in [7, 11) is 1.97. The SMILES string of the molecule is CCC(NCC(C)O)c1c(C)nn(C)c1C. The van der Waals surface area contributed by atoms with Crippen LogP contribution >= 0.6 is 0 Å². The lowest BCUT2D eigenvalue weighted by molar-refractivity contribution is 0.185. The molecular weight excluding hydrogens is 202 g/mol. The fourth-order valence-electron chi connectivity index (χ4n) is 2.06. The molecule has 1 rings (SSSR count). The molecule has 2 atom stereocenters. The van der Waals surface area contributed by atoms with Crippen molar-refractivity contribution in [3.05, 3.63) is 17.0 Å². The molecular formula is C12H23N3O. The van der Waals surface area contributed by atoms with Crippen LogP contribution in [0.4, 0.5) is 0 Å². The molecule has 4 nitrogen and oxygen atoms in total. The first-order valence-corrected chi connectivity index (χ1v) is 5.88. The molecule has 0 saturated carbocycles. The van der Waals surface area contributed by atoms with Gasteiger partial charge in [0.2, 0.25) is 0 Å². The summed E-state index contributed by atoms with van der Waals surface area (Å²) in [6, 6.07) is 0.281.